The van der Waals surface area contributed by atoms with Crippen LogP contribution in [0, 0.1) is 0 Å². The zero-order valence-electron chi connectivity index (χ0n) is 7.52. The van der Waals surface area contributed by atoms with Gasteiger partial charge in [-0.25, -0.2) is 4.79 Å². The molecule has 0 aromatic heterocycles. The second kappa shape index (κ2) is 4.91. The Kier molecular flexibility index (Phi) is 3.82. The van der Waals surface area contributed by atoms with Crippen LogP contribution in [-0.2, 0) is 4.74 Å². The van der Waals surface area contributed by atoms with E-state index >= 15 is 0 Å². The number of methoxy groups -OCH3 is 1. The maximum atomic E-state index is 11.2. The minimum absolute atomic E-state index is 0.340. The third-order valence-corrected chi connectivity index (χ3v) is 2.54. The molecule has 0 saturated heterocycles. The molecule has 4 nitrogen and oxygen atoms in total. The molecule has 1 aliphatic rings. The Morgan fingerprint density at radius 1 is 1.92 bits per heavy atom. The van der Waals surface area contributed by atoms with Gasteiger partial charge in [0, 0.05) is 5.75 Å². The zero-order valence-corrected chi connectivity index (χ0v) is 8.34. The summed E-state index contributed by atoms with van der Waals surface area (Å²) in [4.78, 5) is 16.9. The van der Waals surface area contributed by atoms with Crippen molar-refractivity contribution >= 4 is 23.0 Å². The van der Waals surface area contributed by atoms with E-state index in [1.165, 1.54) is 23.8 Å². The van der Waals surface area contributed by atoms with Crippen molar-refractivity contribution in [2.75, 3.05) is 26.0 Å². The van der Waals surface area contributed by atoms with Crippen molar-refractivity contribution in [3.8, 4) is 0 Å². The molecule has 0 aromatic rings. The van der Waals surface area contributed by atoms with E-state index in [1.54, 1.807) is 6.08 Å². The molecule has 0 saturated carbocycles. The topological polar surface area (TPSA) is 41.9 Å². The number of hydrogen-bond acceptors (Lipinski definition) is 4. The second-order valence-corrected chi connectivity index (χ2v) is 3.37. The van der Waals surface area contributed by atoms with Crippen LogP contribution in [0.2, 0.25) is 0 Å². The molecular weight excluding hydrogens is 188 g/mol. The molecule has 1 amide bonds. The smallest absolute Gasteiger partial charge is 0.415 e. The Hall–Kier alpha value is -0.970. The SMILES string of the molecule is C=CCSC1=NCCN1C(=O)OC. The maximum Gasteiger partial charge on any atom is 0.415 e. The zero-order chi connectivity index (χ0) is 9.68. The largest absolute Gasteiger partial charge is 0.452 e. The third-order valence-electron chi connectivity index (χ3n) is 1.53. The molecule has 5 heteroatoms. The summed E-state index contributed by atoms with van der Waals surface area (Å²) >= 11 is 1.49. The number of amides is 1. The Labute approximate surface area is 81.7 Å². The highest BCUT2D eigenvalue weighted by molar-refractivity contribution is 8.13. The highest BCUT2D eigenvalue weighted by Crippen LogP contribution is 2.14. The minimum atomic E-state index is -0.340. The maximum absolute atomic E-state index is 11.2. The van der Waals surface area contributed by atoms with Crippen molar-refractivity contribution in [2.24, 2.45) is 4.99 Å². The van der Waals surface area contributed by atoms with Gasteiger partial charge in [0.05, 0.1) is 20.2 Å². The molecule has 1 rings (SSSR count). The number of carbonyl (C=O) groups is 1. The molecule has 0 aromatic carbocycles. The summed E-state index contributed by atoms with van der Waals surface area (Å²) in [6.45, 7) is 4.88. The van der Waals surface area contributed by atoms with Gasteiger partial charge in [0.15, 0.2) is 5.17 Å². The molecule has 0 aliphatic carbocycles. The summed E-state index contributed by atoms with van der Waals surface area (Å²) in [6, 6.07) is 0. The highest BCUT2D eigenvalue weighted by atomic mass is 32.2. The van der Waals surface area contributed by atoms with Crippen LogP contribution in [0.3, 0.4) is 0 Å². The molecule has 13 heavy (non-hydrogen) atoms. The van der Waals surface area contributed by atoms with E-state index in [2.05, 4.69) is 16.3 Å². The predicted octanol–water partition coefficient (Wildman–Crippen LogP) is 1.34. The van der Waals surface area contributed by atoms with Crippen LogP contribution in [0.5, 0.6) is 0 Å². The fraction of sp³-hybridized carbons (Fsp3) is 0.500. The number of carbonyl (C=O) groups excluding carboxylic acids is 1. The number of ether oxygens (including phenoxy) is 1. The van der Waals surface area contributed by atoms with Crippen LogP contribution in [0.1, 0.15) is 0 Å². The van der Waals surface area contributed by atoms with Crippen LogP contribution >= 0.6 is 11.8 Å². The first-order chi connectivity index (χ1) is 6.29. The lowest BCUT2D eigenvalue weighted by Crippen LogP contribution is -2.32. The summed E-state index contributed by atoms with van der Waals surface area (Å²) in [5.41, 5.74) is 0. The van der Waals surface area contributed by atoms with E-state index in [1.807, 2.05) is 0 Å². The number of nitrogens with zero attached hydrogens (tertiary/aromatic N) is 2. The predicted molar refractivity (Wildman–Crippen MR) is 54.1 cm³/mol. The lowest BCUT2D eigenvalue weighted by atomic mass is 10.6. The van der Waals surface area contributed by atoms with Crippen LogP contribution in [0.15, 0.2) is 17.6 Å². The molecule has 0 spiro atoms. The summed E-state index contributed by atoms with van der Waals surface area (Å²) in [6.07, 6.45) is 1.44. The van der Waals surface area contributed by atoms with Gasteiger partial charge in [-0.2, -0.15) is 0 Å². The number of aliphatic imine (C=N–C) groups is 1. The molecule has 0 bridgehead atoms. The monoisotopic (exact) mass is 200 g/mol. The number of amidine groups is 1. The fourth-order valence-electron chi connectivity index (χ4n) is 0.963. The van der Waals surface area contributed by atoms with Gasteiger partial charge in [-0.3, -0.25) is 9.89 Å². The van der Waals surface area contributed by atoms with Crippen molar-refractivity contribution in [1.82, 2.24) is 4.90 Å². The Morgan fingerprint density at radius 2 is 2.69 bits per heavy atom. The lowest BCUT2D eigenvalue weighted by Gasteiger charge is -2.14. The van der Waals surface area contributed by atoms with Crippen molar-refractivity contribution in [1.29, 1.82) is 0 Å². The number of rotatable bonds is 2. The number of hydrogen-bond donors (Lipinski definition) is 0. The van der Waals surface area contributed by atoms with Crippen molar-refractivity contribution in [3.05, 3.63) is 12.7 Å². The third kappa shape index (κ3) is 2.48. The Bertz CT molecular complexity index is 240. The normalized spacial score (nSPS) is 15.5. The first-order valence-electron chi connectivity index (χ1n) is 3.93. The van der Waals surface area contributed by atoms with Gasteiger partial charge in [0.2, 0.25) is 0 Å². The molecule has 0 N–H and O–H groups in total. The first-order valence-corrected chi connectivity index (χ1v) is 4.91. The lowest BCUT2D eigenvalue weighted by molar-refractivity contribution is 0.149. The van der Waals surface area contributed by atoms with Crippen LogP contribution < -0.4 is 0 Å². The molecule has 1 heterocycles. The van der Waals surface area contributed by atoms with Gasteiger partial charge < -0.3 is 4.74 Å². The average molecular weight is 200 g/mol. The Morgan fingerprint density at radius 3 is 3.31 bits per heavy atom. The van der Waals surface area contributed by atoms with E-state index < -0.39 is 0 Å². The summed E-state index contributed by atoms with van der Waals surface area (Å²) in [5.74, 6) is 0.756. The summed E-state index contributed by atoms with van der Waals surface area (Å²) in [5, 5.41) is 0.728. The molecule has 72 valence electrons. The molecule has 1 aliphatic heterocycles. The van der Waals surface area contributed by atoms with Gasteiger partial charge >= 0.3 is 6.09 Å². The summed E-state index contributed by atoms with van der Waals surface area (Å²) < 4.78 is 4.61. The van der Waals surface area contributed by atoms with Gasteiger partial charge in [-0.05, 0) is 0 Å². The molecule has 0 atom stereocenters. The van der Waals surface area contributed by atoms with Gasteiger partial charge in [0.1, 0.15) is 0 Å². The van der Waals surface area contributed by atoms with E-state index in [9.17, 15) is 4.79 Å². The van der Waals surface area contributed by atoms with E-state index in [0.29, 0.717) is 13.1 Å². The first kappa shape index (κ1) is 10.1. The average Bonchev–Trinajstić information content (AvgIpc) is 2.61. The highest BCUT2D eigenvalue weighted by Gasteiger charge is 2.23. The minimum Gasteiger partial charge on any atom is -0.452 e. The summed E-state index contributed by atoms with van der Waals surface area (Å²) in [7, 11) is 1.37. The van der Waals surface area contributed by atoms with Crippen LogP contribution in [-0.4, -0.2) is 42.1 Å². The van der Waals surface area contributed by atoms with Crippen molar-refractivity contribution in [2.45, 2.75) is 0 Å². The molecular formula is C8H12N2O2S. The van der Waals surface area contributed by atoms with Crippen molar-refractivity contribution < 1.29 is 9.53 Å². The van der Waals surface area contributed by atoms with Gasteiger partial charge in [-0.1, -0.05) is 17.8 Å². The molecule has 0 fully saturated rings. The molecule has 0 unspecified atom stereocenters. The van der Waals surface area contributed by atoms with E-state index in [4.69, 9.17) is 0 Å². The van der Waals surface area contributed by atoms with Crippen LogP contribution in [0.25, 0.3) is 0 Å². The van der Waals surface area contributed by atoms with Crippen LogP contribution in [0.4, 0.5) is 4.79 Å². The van der Waals surface area contributed by atoms with E-state index in [-0.39, 0.29) is 6.09 Å². The van der Waals surface area contributed by atoms with Gasteiger partial charge in [-0.15, -0.1) is 6.58 Å². The fourth-order valence-corrected chi connectivity index (χ4v) is 1.73. The second-order valence-electron chi connectivity index (χ2n) is 2.39. The molecule has 0 radical (unpaired) electrons. The van der Waals surface area contributed by atoms with E-state index in [0.717, 1.165) is 10.9 Å². The standard InChI is InChI=1S/C8H12N2O2S/c1-3-6-13-7-9-4-5-10(7)8(11)12-2/h3H,1,4-6H2,2H3. The van der Waals surface area contributed by atoms with Crippen molar-refractivity contribution in [3.63, 3.8) is 0 Å². The Balaban J connectivity index is 2.51. The van der Waals surface area contributed by atoms with Gasteiger partial charge in [0.25, 0.3) is 0 Å². The quantitative estimate of drug-likeness (QED) is 0.632. The number of thioether (sulfide) groups is 1.